The molecule has 0 fully saturated rings. The number of rotatable bonds is 46. The molecule has 6 heteroatoms. The van der Waals surface area contributed by atoms with Gasteiger partial charge in [-0.3, -0.25) is 9.59 Å². The molecule has 0 bridgehead atoms. The van der Waals surface area contributed by atoms with Crippen molar-refractivity contribution in [3.63, 3.8) is 0 Å². The van der Waals surface area contributed by atoms with Crippen molar-refractivity contribution in [3.8, 4) is 0 Å². The van der Waals surface area contributed by atoms with Gasteiger partial charge in [0.05, 0.1) is 25.2 Å². The maximum atomic E-state index is 13.2. The molecular weight excluding hydrogens is 767 g/mol. The summed E-state index contributed by atoms with van der Waals surface area (Å²) in [5.74, 6) is -0.561. The third kappa shape index (κ3) is 43.9. The summed E-state index contributed by atoms with van der Waals surface area (Å²) in [6.07, 6.45) is 62.5. The first-order valence-electron chi connectivity index (χ1n) is 26.2. The van der Waals surface area contributed by atoms with Gasteiger partial charge < -0.3 is 20.3 Å². The highest BCUT2D eigenvalue weighted by molar-refractivity contribution is 5.77. The van der Waals surface area contributed by atoms with E-state index < -0.39 is 18.2 Å². The van der Waals surface area contributed by atoms with Crippen LogP contribution in [0.1, 0.15) is 245 Å². The third-order valence-electron chi connectivity index (χ3n) is 11.5. The number of amides is 1. The highest BCUT2D eigenvalue weighted by Crippen LogP contribution is 2.16. The van der Waals surface area contributed by atoms with Gasteiger partial charge in [-0.25, -0.2) is 0 Å². The molecule has 0 aromatic heterocycles. The molecule has 0 aliphatic heterocycles. The fourth-order valence-corrected chi connectivity index (χ4v) is 7.53. The molecule has 6 nitrogen and oxygen atoms in total. The number of esters is 1. The normalized spacial score (nSPS) is 13.8. The Balaban J connectivity index is 4.75. The minimum atomic E-state index is -0.808. The first kappa shape index (κ1) is 59.3. The van der Waals surface area contributed by atoms with Crippen molar-refractivity contribution in [2.24, 2.45) is 0 Å². The van der Waals surface area contributed by atoms with Crippen molar-refractivity contribution in [2.75, 3.05) is 6.61 Å². The Hall–Kier alpha value is -2.70. The Morgan fingerprint density at radius 3 is 1.40 bits per heavy atom. The van der Waals surface area contributed by atoms with Gasteiger partial charge in [-0.1, -0.05) is 216 Å². The largest absolute Gasteiger partial charge is 0.462 e. The highest BCUT2D eigenvalue weighted by Gasteiger charge is 2.24. The molecule has 0 aliphatic rings. The van der Waals surface area contributed by atoms with Gasteiger partial charge in [0, 0.05) is 6.42 Å². The fourth-order valence-electron chi connectivity index (χ4n) is 7.53. The molecule has 358 valence electrons. The summed E-state index contributed by atoms with van der Waals surface area (Å²) in [6.45, 7) is 6.41. The topological polar surface area (TPSA) is 95.9 Å². The van der Waals surface area contributed by atoms with Gasteiger partial charge >= 0.3 is 5.97 Å². The summed E-state index contributed by atoms with van der Waals surface area (Å²) in [5, 5.41) is 23.7. The average molecular weight is 866 g/mol. The lowest BCUT2D eigenvalue weighted by atomic mass is 10.0. The zero-order valence-corrected chi connectivity index (χ0v) is 40.7. The number of carbonyl (C=O) groups is 2. The van der Waals surface area contributed by atoms with E-state index in [4.69, 9.17) is 4.74 Å². The Labute approximate surface area is 383 Å². The van der Waals surface area contributed by atoms with Gasteiger partial charge in [0.25, 0.3) is 0 Å². The molecule has 3 N–H and O–H groups in total. The van der Waals surface area contributed by atoms with Crippen molar-refractivity contribution in [2.45, 2.75) is 264 Å². The van der Waals surface area contributed by atoms with E-state index in [1.54, 1.807) is 0 Å². The van der Waals surface area contributed by atoms with Crippen LogP contribution in [0, 0.1) is 0 Å². The molecule has 62 heavy (non-hydrogen) atoms. The van der Waals surface area contributed by atoms with Crippen LogP contribution >= 0.6 is 0 Å². The van der Waals surface area contributed by atoms with Gasteiger partial charge in [0.2, 0.25) is 5.91 Å². The first-order valence-corrected chi connectivity index (χ1v) is 26.2. The van der Waals surface area contributed by atoms with Crippen LogP contribution in [-0.4, -0.2) is 46.9 Å². The number of nitrogens with one attached hydrogen (secondary N) is 1. The average Bonchev–Trinajstić information content (AvgIpc) is 3.26. The number of unbranched alkanes of at least 4 members (excludes halogenated alkanes) is 23. The SMILES string of the molecule is CCCCC/C=C\C/C=C\C/C=C\C/C=C\CCCC(CC(=O)NC(CO)C(O)CCCCCCCCCCCC)OC(=O)CCCCC/C=C/C=C/CCCCCCCCC. The number of ether oxygens (including phenoxy) is 1. The van der Waals surface area contributed by atoms with Crippen LogP contribution in [0.15, 0.2) is 72.9 Å². The second kappa shape index (κ2) is 49.3. The maximum absolute atomic E-state index is 13.2. The molecule has 0 heterocycles. The summed E-state index contributed by atoms with van der Waals surface area (Å²) in [7, 11) is 0. The molecule has 0 radical (unpaired) electrons. The molecule has 0 saturated heterocycles. The summed E-state index contributed by atoms with van der Waals surface area (Å²) < 4.78 is 5.90. The van der Waals surface area contributed by atoms with E-state index in [0.29, 0.717) is 19.3 Å². The molecule has 0 aromatic carbocycles. The van der Waals surface area contributed by atoms with Crippen LogP contribution in [0.25, 0.3) is 0 Å². The molecule has 0 rings (SSSR count). The number of hydrogen-bond acceptors (Lipinski definition) is 5. The lowest BCUT2D eigenvalue weighted by Gasteiger charge is -2.24. The predicted octanol–water partition coefficient (Wildman–Crippen LogP) is 15.8. The minimum absolute atomic E-state index is 0.0269. The highest BCUT2D eigenvalue weighted by atomic mass is 16.5. The van der Waals surface area contributed by atoms with Crippen LogP contribution in [0.5, 0.6) is 0 Å². The van der Waals surface area contributed by atoms with E-state index in [9.17, 15) is 19.8 Å². The van der Waals surface area contributed by atoms with E-state index in [1.807, 2.05) is 0 Å². The number of hydrogen-bond donors (Lipinski definition) is 3. The standard InChI is InChI=1S/C56H99NO5/c1-4-7-10-13-16-19-22-24-26-28-29-31-33-35-38-41-44-47-52(50-55(60)57-53(51-58)54(59)48-45-42-39-36-21-18-15-12-9-6-3)62-56(61)49-46-43-40-37-34-32-30-27-25-23-20-17-14-11-8-5-2/h16,19,24,26-27,29-32,34-35,38,52-54,58-59H,4-15,17-18,20-23,25,28,33,36-37,39-51H2,1-3H3,(H,57,60)/b19-16-,26-24-,30-27+,31-29-,34-32+,38-35-. The Bertz CT molecular complexity index is 1150. The van der Waals surface area contributed by atoms with Crippen LogP contribution in [-0.2, 0) is 14.3 Å². The van der Waals surface area contributed by atoms with Gasteiger partial charge in [0.1, 0.15) is 6.10 Å². The first-order chi connectivity index (χ1) is 30.5. The van der Waals surface area contributed by atoms with Crippen molar-refractivity contribution >= 4 is 11.9 Å². The molecule has 0 spiro atoms. The number of carbonyl (C=O) groups excluding carboxylic acids is 2. The quantitative estimate of drug-likeness (QED) is 0.0245. The summed E-state index contributed by atoms with van der Waals surface area (Å²) in [6, 6.07) is -0.726. The molecular formula is C56H99NO5. The van der Waals surface area contributed by atoms with Gasteiger partial charge in [0.15, 0.2) is 0 Å². The fraction of sp³-hybridized carbons (Fsp3) is 0.750. The van der Waals surface area contributed by atoms with Crippen molar-refractivity contribution < 1.29 is 24.5 Å². The number of aliphatic hydroxyl groups is 2. The van der Waals surface area contributed by atoms with Crippen LogP contribution in [0.4, 0.5) is 0 Å². The van der Waals surface area contributed by atoms with Crippen molar-refractivity contribution in [1.29, 1.82) is 0 Å². The Morgan fingerprint density at radius 1 is 0.484 bits per heavy atom. The molecule has 0 aliphatic carbocycles. The van der Waals surface area contributed by atoms with E-state index in [2.05, 4.69) is 99.0 Å². The van der Waals surface area contributed by atoms with Crippen molar-refractivity contribution in [3.05, 3.63) is 72.9 Å². The maximum Gasteiger partial charge on any atom is 0.306 e. The van der Waals surface area contributed by atoms with E-state index >= 15 is 0 Å². The minimum Gasteiger partial charge on any atom is -0.462 e. The zero-order valence-electron chi connectivity index (χ0n) is 40.7. The summed E-state index contributed by atoms with van der Waals surface area (Å²) in [5.41, 5.74) is 0. The lowest BCUT2D eigenvalue weighted by molar-refractivity contribution is -0.151. The monoisotopic (exact) mass is 866 g/mol. The smallest absolute Gasteiger partial charge is 0.306 e. The van der Waals surface area contributed by atoms with E-state index in [-0.39, 0.29) is 24.9 Å². The van der Waals surface area contributed by atoms with Crippen LogP contribution in [0.3, 0.4) is 0 Å². The number of aliphatic hydroxyl groups excluding tert-OH is 2. The number of allylic oxidation sites excluding steroid dienone is 12. The van der Waals surface area contributed by atoms with Gasteiger partial charge in [-0.2, -0.15) is 0 Å². The molecule has 3 atom stereocenters. The Kier molecular flexibility index (Phi) is 47.2. The predicted molar refractivity (Wildman–Crippen MR) is 268 cm³/mol. The van der Waals surface area contributed by atoms with Crippen LogP contribution < -0.4 is 5.32 Å². The molecule has 0 aromatic rings. The summed E-state index contributed by atoms with van der Waals surface area (Å²) >= 11 is 0. The lowest BCUT2D eigenvalue weighted by Crippen LogP contribution is -2.46. The van der Waals surface area contributed by atoms with Gasteiger partial charge in [-0.05, 0) is 89.9 Å². The van der Waals surface area contributed by atoms with Gasteiger partial charge in [-0.15, -0.1) is 0 Å². The Morgan fingerprint density at radius 2 is 0.887 bits per heavy atom. The van der Waals surface area contributed by atoms with Crippen LogP contribution in [0.2, 0.25) is 0 Å². The zero-order chi connectivity index (χ0) is 45.2. The second-order valence-electron chi connectivity index (χ2n) is 17.6. The second-order valence-corrected chi connectivity index (χ2v) is 17.6. The molecule has 0 saturated carbocycles. The van der Waals surface area contributed by atoms with E-state index in [1.165, 1.54) is 116 Å². The summed E-state index contributed by atoms with van der Waals surface area (Å²) in [4.78, 5) is 26.1. The molecule has 1 amide bonds. The van der Waals surface area contributed by atoms with E-state index in [0.717, 1.165) is 83.5 Å². The third-order valence-corrected chi connectivity index (χ3v) is 11.5. The molecule has 3 unspecified atom stereocenters. The van der Waals surface area contributed by atoms with Crippen molar-refractivity contribution in [1.82, 2.24) is 5.32 Å².